The number of hydrogen-bond donors (Lipinski definition) is 1. The molecule has 3 nitrogen and oxygen atoms in total. The first-order valence-electron chi connectivity index (χ1n) is 7.33. The fourth-order valence-electron chi connectivity index (χ4n) is 3.43. The van der Waals surface area contributed by atoms with E-state index < -0.39 is 0 Å². The number of amides is 1. The number of anilines is 1. The van der Waals surface area contributed by atoms with Gasteiger partial charge in [-0.1, -0.05) is 19.1 Å². The Morgan fingerprint density at radius 1 is 1.37 bits per heavy atom. The van der Waals surface area contributed by atoms with Crippen molar-refractivity contribution in [3.63, 3.8) is 0 Å². The Balaban J connectivity index is 1.92. The normalized spacial score (nSPS) is 25.9. The van der Waals surface area contributed by atoms with E-state index >= 15 is 0 Å². The highest BCUT2D eigenvalue weighted by molar-refractivity contribution is 6.00. The van der Waals surface area contributed by atoms with Crippen molar-refractivity contribution in [1.29, 1.82) is 0 Å². The quantitative estimate of drug-likeness (QED) is 0.840. The topological polar surface area (TPSA) is 32.3 Å². The highest BCUT2D eigenvalue weighted by Gasteiger charge is 2.32. The molecule has 0 radical (unpaired) electrons. The molecule has 19 heavy (non-hydrogen) atoms. The van der Waals surface area contributed by atoms with Gasteiger partial charge < -0.3 is 10.2 Å². The van der Waals surface area contributed by atoms with Crippen LogP contribution < -0.4 is 5.32 Å². The second kappa shape index (κ2) is 4.87. The first kappa shape index (κ1) is 12.5. The Bertz CT molecular complexity index is 498. The Labute approximate surface area is 115 Å². The van der Waals surface area contributed by atoms with Gasteiger partial charge in [-0.3, -0.25) is 4.79 Å². The van der Waals surface area contributed by atoms with Gasteiger partial charge in [0.05, 0.1) is 11.3 Å². The summed E-state index contributed by atoms with van der Waals surface area (Å²) >= 11 is 0. The summed E-state index contributed by atoms with van der Waals surface area (Å²) in [7, 11) is 0. The summed E-state index contributed by atoms with van der Waals surface area (Å²) in [6.45, 7) is 6.25. The van der Waals surface area contributed by atoms with Crippen LogP contribution in [-0.4, -0.2) is 29.9 Å². The first-order valence-corrected chi connectivity index (χ1v) is 7.33. The molecule has 1 aromatic rings. The summed E-state index contributed by atoms with van der Waals surface area (Å²) in [6.07, 6.45) is 3.35. The van der Waals surface area contributed by atoms with Crippen molar-refractivity contribution in [2.75, 3.05) is 18.4 Å². The SMILES string of the molecule is CC1CC(C)N(C(=O)c2cccc3c2NCCC3)C1. The number of carbonyl (C=O) groups excluding carboxylic acids is 1. The molecule has 1 N–H and O–H groups in total. The van der Waals surface area contributed by atoms with Crippen molar-refractivity contribution in [2.24, 2.45) is 5.92 Å². The molecule has 0 aliphatic carbocycles. The molecular weight excluding hydrogens is 236 g/mol. The fraction of sp³-hybridized carbons (Fsp3) is 0.562. The van der Waals surface area contributed by atoms with Crippen molar-refractivity contribution in [3.05, 3.63) is 29.3 Å². The van der Waals surface area contributed by atoms with Crippen LogP contribution in [0.1, 0.15) is 42.6 Å². The van der Waals surface area contributed by atoms with Gasteiger partial charge in [0.1, 0.15) is 0 Å². The number of nitrogens with zero attached hydrogens (tertiary/aromatic N) is 1. The zero-order valence-corrected chi connectivity index (χ0v) is 11.8. The van der Waals surface area contributed by atoms with Crippen LogP contribution in [0.5, 0.6) is 0 Å². The third-order valence-electron chi connectivity index (χ3n) is 4.35. The predicted octanol–water partition coefficient (Wildman–Crippen LogP) is 2.92. The molecule has 1 amide bonds. The zero-order chi connectivity index (χ0) is 13.4. The van der Waals surface area contributed by atoms with Crippen molar-refractivity contribution >= 4 is 11.6 Å². The second-order valence-corrected chi connectivity index (χ2v) is 6.02. The predicted molar refractivity (Wildman–Crippen MR) is 77.5 cm³/mol. The number of benzene rings is 1. The molecule has 3 heteroatoms. The molecule has 0 aromatic heterocycles. The number of hydrogen-bond acceptors (Lipinski definition) is 2. The lowest BCUT2D eigenvalue weighted by molar-refractivity contribution is 0.0744. The van der Waals surface area contributed by atoms with E-state index in [0.29, 0.717) is 12.0 Å². The van der Waals surface area contributed by atoms with E-state index in [0.717, 1.165) is 43.6 Å². The van der Waals surface area contributed by atoms with Gasteiger partial charge in [-0.25, -0.2) is 0 Å². The third kappa shape index (κ3) is 2.22. The van der Waals surface area contributed by atoms with Crippen LogP contribution in [0.25, 0.3) is 0 Å². The van der Waals surface area contributed by atoms with E-state index in [9.17, 15) is 4.79 Å². The van der Waals surface area contributed by atoms with Gasteiger partial charge in [0.25, 0.3) is 5.91 Å². The minimum Gasteiger partial charge on any atom is -0.384 e. The lowest BCUT2D eigenvalue weighted by Crippen LogP contribution is -2.34. The molecule has 2 heterocycles. The van der Waals surface area contributed by atoms with E-state index in [4.69, 9.17) is 0 Å². The van der Waals surface area contributed by atoms with E-state index in [1.165, 1.54) is 5.56 Å². The Hall–Kier alpha value is -1.51. The van der Waals surface area contributed by atoms with Crippen LogP contribution in [0.15, 0.2) is 18.2 Å². The van der Waals surface area contributed by atoms with Gasteiger partial charge in [-0.2, -0.15) is 0 Å². The van der Waals surface area contributed by atoms with Gasteiger partial charge in [-0.15, -0.1) is 0 Å². The number of likely N-dealkylation sites (tertiary alicyclic amines) is 1. The van der Waals surface area contributed by atoms with Gasteiger partial charge in [0.2, 0.25) is 0 Å². The summed E-state index contributed by atoms with van der Waals surface area (Å²) in [6, 6.07) is 6.48. The molecule has 0 saturated carbocycles. The van der Waals surface area contributed by atoms with Crippen LogP contribution in [0, 0.1) is 5.92 Å². The molecule has 2 atom stereocenters. The molecule has 1 aromatic carbocycles. The standard InChI is InChI=1S/C16H22N2O/c1-11-9-12(2)18(10-11)16(19)14-7-3-5-13-6-4-8-17-15(13)14/h3,5,7,11-12,17H,4,6,8-10H2,1-2H3. The maximum atomic E-state index is 12.8. The molecule has 2 aliphatic rings. The summed E-state index contributed by atoms with van der Waals surface area (Å²) in [4.78, 5) is 14.8. The van der Waals surface area contributed by atoms with Crippen LogP contribution in [0.2, 0.25) is 0 Å². The Morgan fingerprint density at radius 3 is 2.95 bits per heavy atom. The smallest absolute Gasteiger partial charge is 0.256 e. The van der Waals surface area contributed by atoms with E-state index in [-0.39, 0.29) is 5.91 Å². The number of para-hydroxylation sites is 1. The summed E-state index contributed by atoms with van der Waals surface area (Å²) in [5.74, 6) is 0.814. The van der Waals surface area contributed by atoms with Crippen molar-refractivity contribution in [2.45, 2.75) is 39.2 Å². The molecule has 1 saturated heterocycles. The van der Waals surface area contributed by atoms with Crippen LogP contribution >= 0.6 is 0 Å². The second-order valence-electron chi connectivity index (χ2n) is 6.02. The Kier molecular flexibility index (Phi) is 3.21. The first-order chi connectivity index (χ1) is 9.16. The van der Waals surface area contributed by atoms with Gasteiger partial charge in [0.15, 0.2) is 0 Å². The monoisotopic (exact) mass is 258 g/mol. The van der Waals surface area contributed by atoms with Gasteiger partial charge in [0, 0.05) is 19.1 Å². The van der Waals surface area contributed by atoms with Crippen LogP contribution in [-0.2, 0) is 6.42 Å². The maximum Gasteiger partial charge on any atom is 0.256 e. The summed E-state index contributed by atoms with van der Waals surface area (Å²) < 4.78 is 0. The van der Waals surface area contributed by atoms with E-state index in [1.54, 1.807) is 0 Å². The lowest BCUT2D eigenvalue weighted by Gasteiger charge is -2.26. The summed E-state index contributed by atoms with van der Waals surface area (Å²) in [5, 5.41) is 3.41. The molecule has 2 aliphatic heterocycles. The molecule has 2 unspecified atom stereocenters. The number of aryl methyl sites for hydroxylation is 1. The number of rotatable bonds is 1. The largest absolute Gasteiger partial charge is 0.384 e. The van der Waals surface area contributed by atoms with Gasteiger partial charge in [-0.05, 0) is 43.7 Å². The molecular formula is C16H22N2O. The Morgan fingerprint density at radius 2 is 2.21 bits per heavy atom. The summed E-state index contributed by atoms with van der Waals surface area (Å²) in [5.41, 5.74) is 3.22. The van der Waals surface area contributed by atoms with Crippen LogP contribution in [0.4, 0.5) is 5.69 Å². The zero-order valence-electron chi connectivity index (χ0n) is 11.8. The van der Waals surface area contributed by atoms with E-state index in [2.05, 4.69) is 25.2 Å². The lowest BCUT2D eigenvalue weighted by atomic mass is 9.98. The minimum absolute atomic E-state index is 0.197. The average Bonchev–Trinajstić information content (AvgIpc) is 2.76. The molecule has 102 valence electrons. The van der Waals surface area contributed by atoms with Gasteiger partial charge >= 0.3 is 0 Å². The van der Waals surface area contributed by atoms with Crippen molar-refractivity contribution in [3.8, 4) is 0 Å². The fourth-order valence-corrected chi connectivity index (χ4v) is 3.43. The molecule has 0 spiro atoms. The minimum atomic E-state index is 0.197. The van der Waals surface area contributed by atoms with E-state index in [1.807, 2.05) is 17.0 Å². The van der Waals surface area contributed by atoms with Crippen LogP contribution in [0.3, 0.4) is 0 Å². The highest BCUT2D eigenvalue weighted by atomic mass is 16.2. The average molecular weight is 258 g/mol. The van der Waals surface area contributed by atoms with Crippen molar-refractivity contribution < 1.29 is 4.79 Å². The molecule has 0 bridgehead atoms. The molecule has 1 fully saturated rings. The molecule has 3 rings (SSSR count). The maximum absolute atomic E-state index is 12.8. The third-order valence-corrected chi connectivity index (χ3v) is 4.35. The number of carbonyl (C=O) groups is 1. The van der Waals surface area contributed by atoms with Crippen molar-refractivity contribution in [1.82, 2.24) is 4.90 Å². The number of fused-ring (bicyclic) bond motifs is 1. The highest BCUT2D eigenvalue weighted by Crippen LogP contribution is 2.30. The number of nitrogens with one attached hydrogen (secondary N) is 1.